The van der Waals surface area contributed by atoms with E-state index in [0.717, 1.165) is 30.0 Å². The monoisotopic (exact) mass is 209 g/mol. The minimum Gasteiger partial charge on any atom is -0.496 e. The Morgan fingerprint density at radius 3 is 2.80 bits per heavy atom. The number of benzene rings is 1. The summed E-state index contributed by atoms with van der Waals surface area (Å²) in [6.07, 6.45) is 2.34. The number of nitrogens with one attached hydrogen (secondary N) is 1. The van der Waals surface area contributed by atoms with Crippen molar-refractivity contribution < 1.29 is 9.84 Å². The van der Waals surface area contributed by atoms with Crippen LogP contribution in [0.15, 0.2) is 18.2 Å². The van der Waals surface area contributed by atoms with Gasteiger partial charge in [-0.1, -0.05) is 19.4 Å². The van der Waals surface area contributed by atoms with Crippen LogP contribution in [0.3, 0.4) is 0 Å². The highest BCUT2D eigenvalue weighted by molar-refractivity contribution is 5.51. The maximum Gasteiger partial charge on any atom is 0.126 e. The van der Waals surface area contributed by atoms with Crippen molar-refractivity contribution >= 4 is 5.69 Å². The van der Waals surface area contributed by atoms with Gasteiger partial charge < -0.3 is 15.2 Å². The third kappa shape index (κ3) is 3.44. The number of ether oxygens (including phenoxy) is 1. The highest BCUT2D eigenvalue weighted by Gasteiger charge is 2.02. The Morgan fingerprint density at radius 1 is 1.40 bits per heavy atom. The van der Waals surface area contributed by atoms with Gasteiger partial charge in [-0.15, -0.1) is 0 Å². The zero-order valence-corrected chi connectivity index (χ0v) is 9.42. The first-order valence-corrected chi connectivity index (χ1v) is 5.33. The highest BCUT2D eigenvalue weighted by Crippen LogP contribution is 2.23. The number of hydrogen-bond acceptors (Lipinski definition) is 3. The molecule has 1 rings (SSSR count). The Morgan fingerprint density at radius 2 is 2.20 bits per heavy atom. The Labute approximate surface area is 91.1 Å². The Balaban J connectivity index is 2.66. The average Bonchev–Trinajstić information content (AvgIpc) is 2.29. The molecular formula is C12H19NO2. The Bertz CT molecular complexity index is 300. The second-order valence-electron chi connectivity index (χ2n) is 3.47. The van der Waals surface area contributed by atoms with Crippen LogP contribution in [-0.2, 0) is 6.61 Å². The summed E-state index contributed by atoms with van der Waals surface area (Å²) in [6, 6.07) is 5.76. The SMILES string of the molecule is CCCCNc1ccc(CO)c(OC)c1. The lowest BCUT2D eigenvalue weighted by Gasteiger charge is -2.10. The minimum atomic E-state index is 0.0123. The van der Waals surface area contributed by atoms with Gasteiger partial charge in [0, 0.05) is 23.9 Å². The van der Waals surface area contributed by atoms with E-state index >= 15 is 0 Å². The molecule has 0 fully saturated rings. The molecule has 0 bridgehead atoms. The highest BCUT2D eigenvalue weighted by atomic mass is 16.5. The summed E-state index contributed by atoms with van der Waals surface area (Å²) in [5, 5.41) is 12.4. The molecule has 15 heavy (non-hydrogen) atoms. The second kappa shape index (κ2) is 6.30. The van der Waals surface area contributed by atoms with Crippen LogP contribution in [0.4, 0.5) is 5.69 Å². The lowest BCUT2D eigenvalue weighted by Crippen LogP contribution is -2.01. The molecule has 0 aliphatic carbocycles. The first-order chi connectivity index (χ1) is 7.31. The van der Waals surface area contributed by atoms with Crippen molar-refractivity contribution in [3.63, 3.8) is 0 Å². The van der Waals surface area contributed by atoms with E-state index in [4.69, 9.17) is 9.84 Å². The molecule has 1 aromatic carbocycles. The molecule has 0 aliphatic heterocycles. The topological polar surface area (TPSA) is 41.5 Å². The number of aliphatic hydroxyl groups is 1. The first kappa shape index (κ1) is 11.9. The molecule has 0 aromatic heterocycles. The van der Waals surface area contributed by atoms with Crippen LogP contribution < -0.4 is 10.1 Å². The van der Waals surface area contributed by atoms with E-state index in [1.165, 1.54) is 6.42 Å². The predicted molar refractivity (Wildman–Crippen MR) is 62.3 cm³/mol. The summed E-state index contributed by atoms with van der Waals surface area (Å²) in [5.41, 5.74) is 1.86. The largest absolute Gasteiger partial charge is 0.496 e. The van der Waals surface area contributed by atoms with Crippen LogP contribution in [0.1, 0.15) is 25.3 Å². The number of aliphatic hydroxyl groups excluding tert-OH is 1. The number of anilines is 1. The fourth-order valence-corrected chi connectivity index (χ4v) is 1.39. The summed E-state index contributed by atoms with van der Waals surface area (Å²) in [6.45, 7) is 3.15. The average molecular weight is 209 g/mol. The maximum absolute atomic E-state index is 9.05. The van der Waals surface area contributed by atoms with Gasteiger partial charge in [-0.3, -0.25) is 0 Å². The molecule has 84 valence electrons. The fourth-order valence-electron chi connectivity index (χ4n) is 1.39. The molecule has 0 saturated heterocycles. The van der Waals surface area contributed by atoms with Crippen LogP contribution >= 0.6 is 0 Å². The standard InChI is InChI=1S/C12H19NO2/c1-3-4-7-13-11-6-5-10(9-14)12(8-11)15-2/h5-6,8,13-14H,3-4,7,9H2,1-2H3. The fraction of sp³-hybridized carbons (Fsp3) is 0.500. The molecule has 3 heteroatoms. The van der Waals surface area contributed by atoms with Crippen molar-refractivity contribution in [2.24, 2.45) is 0 Å². The number of unbranched alkanes of at least 4 members (excludes halogenated alkanes) is 1. The summed E-state index contributed by atoms with van der Waals surface area (Å²) >= 11 is 0. The lowest BCUT2D eigenvalue weighted by molar-refractivity contribution is 0.274. The van der Waals surface area contributed by atoms with Gasteiger partial charge in [0.25, 0.3) is 0 Å². The van der Waals surface area contributed by atoms with E-state index in [-0.39, 0.29) is 6.61 Å². The molecule has 0 spiro atoms. The van der Waals surface area contributed by atoms with Crippen LogP contribution in [0.2, 0.25) is 0 Å². The van der Waals surface area contributed by atoms with E-state index in [0.29, 0.717) is 0 Å². The van der Waals surface area contributed by atoms with Crippen LogP contribution in [0, 0.1) is 0 Å². The summed E-state index contributed by atoms with van der Waals surface area (Å²) in [5.74, 6) is 0.735. The molecule has 2 N–H and O–H groups in total. The van der Waals surface area contributed by atoms with Crippen LogP contribution in [0.5, 0.6) is 5.75 Å². The van der Waals surface area contributed by atoms with Gasteiger partial charge in [-0.25, -0.2) is 0 Å². The van der Waals surface area contributed by atoms with Gasteiger partial charge in [0.05, 0.1) is 13.7 Å². The number of hydrogen-bond donors (Lipinski definition) is 2. The van der Waals surface area contributed by atoms with Gasteiger partial charge in [-0.2, -0.15) is 0 Å². The molecule has 0 radical (unpaired) electrons. The van der Waals surface area contributed by atoms with Crippen LogP contribution in [-0.4, -0.2) is 18.8 Å². The molecule has 0 aliphatic rings. The van der Waals surface area contributed by atoms with Gasteiger partial charge in [0.15, 0.2) is 0 Å². The molecule has 0 saturated carbocycles. The zero-order valence-electron chi connectivity index (χ0n) is 9.42. The zero-order chi connectivity index (χ0) is 11.1. The van der Waals surface area contributed by atoms with E-state index in [9.17, 15) is 0 Å². The van der Waals surface area contributed by atoms with Crippen molar-refractivity contribution in [2.75, 3.05) is 19.0 Å². The summed E-state index contributed by atoms with van der Waals surface area (Å²) < 4.78 is 5.18. The van der Waals surface area contributed by atoms with Gasteiger partial charge >= 0.3 is 0 Å². The molecule has 3 nitrogen and oxygen atoms in total. The van der Waals surface area contributed by atoms with Crippen molar-refractivity contribution in [1.82, 2.24) is 0 Å². The van der Waals surface area contributed by atoms with Crippen LogP contribution in [0.25, 0.3) is 0 Å². The van der Waals surface area contributed by atoms with Crippen molar-refractivity contribution in [3.8, 4) is 5.75 Å². The summed E-state index contributed by atoms with van der Waals surface area (Å²) in [4.78, 5) is 0. The Kier molecular flexibility index (Phi) is 4.98. The van der Waals surface area contributed by atoms with E-state index in [1.54, 1.807) is 7.11 Å². The third-order valence-electron chi connectivity index (χ3n) is 2.32. The van der Waals surface area contributed by atoms with E-state index < -0.39 is 0 Å². The molecule has 0 unspecified atom stereocenters. The number of methoxy groups -OCH3 is 1. The maximum atomic E-state index is 9.05. The second-order valence-corrected chi connectivity index (χ2v) is 3.47. The van der Waals surface area contributed by atoms with Gasteiger partial charge in [0.2, 0.25) is 0 Å². The van der Waals surface area contributed by atoms with Crippen molar-refractivity contribution in [1.29, 1.82) is 0 Å². The van der Waals surface area contributed by atoms with Crippen molar-refractivity contribution in [3.05, 3.63) is 23.8 Å². The normalized spacial score (nSPS) is 10.1. The quantitative estimate of drug-likeness (QED) is 0.707. The molecule has 0 heterocycles. The predicted octanol–water partition coefficient (Wildman–Crippen LogP) is 2.40. The minimum absolute atomic E-state index is 0.0123. The van der Waals surface area contributed by atoms with E-state index in [1.807, 2.05) is 18.2 Å². The smallest absolute Gasteiger partial charge is 0.126 e. The Hall–Kier alpha value is -1.22. The van der Waals surface area contributed by atoms with Crippen molar-refractivity contribution in [2.45, 2.75) is 26.4 Å². The molecule has 1 aromatic rings. The lowest BCUT2D eigenvalue weighted by atomic mass is 10.2. The number of rotatable bonds is 6. The van der Waals surface area contributed by atoms with Gasteiger partial charge in [0.1, 0.15) is 5.75 Å². The molecule has 0 amide bonds. The van der Waals surface area contributed by atoms with E-state index in [2.05, 4.69) is 12.2 Å². The molecular weight excluding hydrogens is 190 g/mol. The first-order valence-electron chi connectivity index (χ1n) is 5.33. The summed E-state index contributed by atoms with van der Waals surface area (Å²) in [7, 11) is 1.62. The molecule has 0 atom stereocenters. The third-order valence-corrected chi connectivity index (χ3v) is 2.32. The van der Waals surface area contributed by atoms with Gasteiger partial charge in [-0.05, 0) is 12.5 Å².